The third-order valence-corrected chi connectivity index (χ3v) is 3.69. The Morgan fingerprint density at radius 2 is 1.70 bits per heavy atom. The fourth-order valence-corrected chi connectivity index (χ4v) is 2.54. The van der Waals surface area contributed by atoms with Crippen LogP contribution in [-0.2, 0) is 28.6 Å². The van der Waals surface area contributed by atoms with Gasteiger partial charge >= 0.3 is 5.97 Å². The van der Waals surface area contributed by atoms with Crippen LogP contribution in [-0.4, -0.2) is 37.1 Å². The molecular formula is C15H15NO7. The molecule has 0 unspecified atom stereocenters. The maximum absolute atomic E-state index is 12.2. The molecule has 2 aliphatic heterocycles. The number of benzene rings is 1. The largest absolute Gasteiger partial charge is 0.363 e. The van der Waals surface area contributed by atoms with Crippen LogP contribution in [0.3, 0.4) is 0 Å². The normalized spacial score (nSPS) is 23.3. The summed E-state index contributed by atoms with van der Waals surface area (Å²) in [5.41, 5.74) is 1.55. The molecule has 1 fully saturated rings. The Hall–Kier alpha value is -2.29. The average Bonchev–Trinajstić information content (AvgIpc) is 3.08. The van der Waals surface area contributed by atoms with Gasteiger partial charge in [0, 0.05) is 38.2 Å². The van der Waals surface area contributed by atoms with Gasteiger partial charge in [-0.05, 0) is 12.1 Å². The second-order valence-corrected chi connectivity index (χ2v) is 5.08. The Morgan fingerprint density at radius 1 is 1.09 bits per heavy atom. The molecule has 2 amide bonds. The van der Waals surface area contributed by atoms with Crippen LogP contribution in [0.25, 0.3) is 0 Å². The van der Waals surface area contributed by atoms with Gasteiger partial charge in [0.05, 0.1) is 5.56 Å². The Kier molecular flexibility index (Phi) is 4.12. The van der Waals surface area contributed by atoms with Crippen molar-refractivity contribution < 1.29 is 33.4 Å². The maximum Gasteiger partial charge on any atom is 0.363 e. The van der Waals surface area contributed by atoms with Crippen LogP contribution in [0.1, 0.15) is 46.9 Å². The highest BCUT2D eigenvalue weighted by Gasteiger charge is 2.35. The lowest BCUT2D eigenvalue weighted by atomic mass is 10.0. The molecule has 1 aromatic carbocycles. The van der Waals surface area contributed by atoms with Gasteiger partial charge in [-0.3, -0.25) is 9.59 Å². The van der Waals surface area contributed by atoms with E-state index in [2.05, 4.69) is 0 Å². The summed E-state index contributed by atoms with van der Waals surface area (Å²) in [5, 5.41) is 0.512. The van der Waals surface area contributed by atoms with Crippen molar-refractivity contribution in [3.8, 4) is 0 Å². The highest BCUT2D eigenvalue weighted by atomic mass is 16.8. The maximum atomic E-state index is 12.2. The fourth-order valence-electron chi connectivity index (χ4n) is 2.54. The van der Waals surface area contributed by atoms with Crippen molar-refractivity contribution in [2.45, 2.75) is 25.4 Å². The van der Waals surface area contributed by atoms with Crippen molar-refractivity contribution in [2.24, 2.45) is 0 Å². The van der Waals surface area contributed by atoms with E-state index in [1.165, 1.54) is 26.4 Å². The lowest BCUT2D eigenvalue weighted by Crippen LogP contribution is -2.32. The molecule has 0 spiro atoms. The molecule has 1 aromatic rings. The van der Waals surface area contributed by atoms with Crippen LogP contribution in [0.4, 0.5) is 0 Å². The van der Waals surface area contributed by atoms with E-state index in [9.17, 15) is 14.4 Å². The number of hydrogen-bond acceptors (Lipinski definition) is 7. The third kappa shape index (κ3) is 2.72. The van der Waals surface area contributed by atoms with E-state index in [0.717, 1.165) is 5.56 Å². The van der Waals surface area contributed by atoms with Crippen molar-refractivity contribution in [1.82, 2.24) is 5.06 Å². The van der Waals surface area contributed by atoms with Gasteiger partial charge in [0.1, 0.15) is 0 Å². The molecule has 0 saturated carbocycles. The van der Waals surface area contributed by atoms with Crippen molar-refractivity contribution in [3.63, 3.8) is 0 Å². The number of fused-ring (bicyclic) bond motifs is 1. The van der Waals surface area contributed by atoms with Gasteiger partial charge in [-0.1, -0.05) is 6.07 Å². The van der Waals surface area contributed by atoms with E-state index >= 15 is 0 Å². The molecule has 0 N–H and O–H groups in total. The van der Waals surface area contributed by atoms with Gasteiger partial charge in [-0.25, -0.2) is 4.79 Å². The molecule has 1 saturated heterocycles. The van der Waals surface area contributed by atoms with Gasteiger partial charge < -0.3 is 19.0 Å². The summed E-state index contributed by atoms with van der Waals surface area (Å²) in [5.74, 6) is -1.85. The van der Waals surface area contributed by atoms with E-state index in [4.69, 9.17) is 19.0 Å². The van der Waals surface area contributed by atoms with Gasteiger partial charge in [0.25, 0.3) is 11.8 Å². The number of carbonyl (C=O) groups excluding carboxylic acids is 3. The summed E-state index contributed by atoms with van der Waals surface area (Å²) in [6.45, 7) is 0. The van der Waals surface area contributed by atoms with E-state index in [-0.39, 0.29) is 18.4 Å². The number of hydrogen-bond donors (Lipinski definition) is 0. The SMILES string of the molecule is CO[C@@H]1O[C@H](OC)c2ccc(C(=O)ON3C(=O)CCC3=O)cc21. The van der Waals surface area contributed by atoms with Crippen molar-refractivity contribution in [3.05, 3.63) is 34.9 Å². The Bertz CT molecular complexity index is 656. The van der Waals surface area contributed by atoms with Gasteiger partial charge in [0.15, 0.2) is 12.6 Å². The zero-order chi connectivity index (χ0) is 16.6. The van der Waals surface area contributed by atoms with Gasteiger partial charge in [-0.15, -0.1) is 5.06 Å². The minimum atomic E-state index is -0.799. The summed E-state index contributed by atoms with van der Waals surface area (Å²) in [6.07, 6.45) is -1.16. The first-order valence-corrected chi connectivity index (χ1v) is 6.98. The number of imide groups is 1. The van der Waals surface area contributed by atoms with Gasteiger partial charge in [0.2, 0.25) is 0 Å². The first-order chi connectivity index (χ1) is 11.0. The lowest BCUT2D eigenvalue weighted by Gasteiger charge is -2.13. The summed E-state index contributed by atoms with van der Waals surface area (Å²) in [4.78, 5) is 40.0. The van der Waals surface area contributed by atoms with E-state index in [1.54, 1.807) is 6.07 Å². The number of nitrogens with zero attached hydrogens (tertiary/aromatic N) is 1. The quantitative estimate of drug-likeness (QED) is 0.770. The topological polar surface area (TPSA) is 91.4 Å². The molecule has 0 aliphatic carbocycles. The molecule has 0 bridgehead atoms. The Balaban J connectivity index is 1.83. The standard InChI is InChI=1S/C15H15NO7/c1-20-14-9-4-3-8(7-10(9)15(21-2)22-14)13(19)23-16-11(17)5-6-12(16)18/h3-4,7,14-15H,5-6H2,1-2H3/t14-,15+/m0/s1. The summed E-state index contributed by atoms with van der Waals surface area (Å²) in [7, 11) is 2.97. The molecule has 3 rings (SSSR count). The molecule has 8 nitrogen and oxygen atoms in total. The minimum absolute atomic E-state index is 0.0470. The average molecular weight is 321 g/mol. The number of ether oxygens (including phenoxy) is 3. The summed E-state index contributed by atoms with van der Waals surface area (Å²) >= 11 is 0. The van der Waals surface area contributed by atoms with Crippen LogP contribution in [0.5, 0.6) is 0 Å². The lowest BCUT2D eigenvalue weighted by molar-refractivity contribution is -0.217. The molecule has 2 aliphatic rings. The second-order valence-electron chi connectivity index (χ2n) is 5.08. The molecular weight excluding hydrogens is 306 g/mol. The number of hydroxylamine groups is 2. The molecule has 8 heteroatoms. The molecule has 122 valence electrons. The highest BCUT2D eigenvalue weighted by Crippen LogP contribution is 2.40. The Labute approximate surface area is 131 Å². The van der Waals surface area contributed by atoms with Crippen molar-refractivity contribution in [1.29, 1.82) is 0 Å². The number of rotatable bonds is 4. The van der Waals surface area contributed by atoms with E-state index in [0.29, 0.717) is 10.6 Å². The molecule has 0 radical (unpaired) electrons. The number of carbonyl (C=O) groups is 3. The van der Waals surface area contributed by atoms with Crippen LogP contribution >= 0.6 is 0 Å². The predicted octanol–water partition coefficient (Wildman–Crippen LogP) is 1.23. The number of methoxy groups -OCH3 is 2. The molecule has 2 heterocycles. The summed E-state index contributed by atoms with van der Waals surface area (Å²) < 4.78 is 15.9. The molecule has 23 heavy (non-hydrogen) atoms. The zero-order valence-corrected chi connectivity index (χ0v) is 12.6. The third-order valence-electron chi connectivity index (χ3n) is 3.69. The predicted molar refractivity (Wildman–Crippen MR) is 73.5 cm³/mol. The molecule has 0 aromatic heterocycles. The zero-order valence-electron chi connectivity index (χ0n) is 12.6. The van der Waals surface area contributed by atoms with Crippen molar-refractivity contribution >= 4 is 17.8 Å². The molecule has 2 atom stereocenters. The van der Waals surface area contributed by atoms with Crippen LogP contribution in [0.15, 0.2) is 18.2 Å². The second kappa shape index (κ2) is 6.07. The first-order valence-electron chi connectivity index (χ1n) is 6.98. The minimum Gasteiger partial charge on any atom is -0.352 e. The fraction of sp³-hybridized carbons (Fsp3) is 0.400. The monoisotopic (exact) mass is 321 g/mol. The van der Waals surface area contributed by atoms with Crippen molar-refractivity contribution in [2.75, 3.05) is 14.2 Å². The van der Waals surface area contributed by atoms with E-state index in [1.807, 2.05) is 0 Å². The highest BCUT2D eigenvalue weighted by molar-refractivity contribution is 6.02. The number of amides is 2. The van der Waals surface area contributed by atoms with Crippen LogP contribution < -0.4 is 0 Å². The Morgan fingerprint density at radius 3 is 2.30 bits per heavy atom. The smallest absolute Gasteiger partial charge is 0.352 e. The van der Waals surface area contributed by atoms with Gasteiger partial charge in [-0.2, -0.15) is 0 Å². The summed E-state index contributed by atoms with van der Waals surface area (Å²) in [6, 6.07) is 4.71. The van der Waals surface area contributed by atoms with Crippen LogP contribution in [0.2, 0.25) is 0 Å². The first kappa shape index (κ1) is 15.6. The van der Waals surface area contributed by atoms with E-state index < -0.39 is 30.4 Å². The van der Waals surface area contributed by atoms with Crippen LogP contribution in [0, 0.1) is 0 Å².